The average Bonchev–Trinajstić information content (AvgIpc) is 2.94. The number of carbonyl (C=O) groups excluding carboxylic acids is 2. The van der Waals surface area contributed by atoms with Crippen LogP contribution in [0, 0.1) is 34.5 Å². The Kier molecular flexibility index (Phi) is 4.73. The molecule has 0 aromatic rings. The molecule has 2 fully saturated rings. The minimum atomic E-state index is -0.321. The van der Waals surface area contributed by atoms with E-state index in [1.54, 1.807) is 5.57 Å². The van der Waals surface area contributed by atoms with Gasteiger partial charge in [0.05, 0.1) is 0 Å². The van der Waals surface area contributed by atoms with Crippen LogP contribution in [0.5, 0.6) is 0 Å². The van der Waals surface area contributed by atoms with E-state index in [4.69, 9.17) is 0 Å². The number of fused-ring (bicyclic) bond motifs is 5. The highest BCUT2D eigenvalue weighted by molar-refractivity contribution is 5.84. The van der Waals surface area contributed by atoms with Crippen LogP contribution >= 0.6 is 0 Å². The first kappa shape index (κ1) is 19.1. The van der Waals surface area contributed by atoms with Crippen molar-refractivity contribution in [3.63, 3.8) is 0 Å². The minimum Gasteiger partial charge on any atom is -0.389 e. The number of carbonyl (C=O) groups is 2. The summed E-state index contributed by atoms with van der Waals surface area (Å²) in [5.41, 5.74) is 2.93. The summed E-state index contributed by atoms with van der Waals surface area (Å²) < 4.78 is 0. The van der Waals surface area contributed by atoms with Crippen LogP contribution in [0.3, 0.4) is 0 Å². The van der Waals surface area contributed by atoms with Crippen LogP contribution in [0.1, 0.15) is 72.1 Å². The van der Waals surface area contributed by atoms with Gasteiger partial charge in [-0.25, -0.2) is 0 Å². The second-order valence-electron chi connectivity index (χ2n) is 9.98. The molecule has 4 aliphatic rings. The van der Waals surface area contributed by atoms with E-state index in [9.17, 15) is 14.7 Å². The Morgan fingerprint density at radius 3 is 2.78 bits per heavy atom. The molecule has 0 saturated heterocycles. The molecule has 0 bridgehead atoms. The first-order valence-corrected chi connectivity index (χ1v) is 10.9. The second kappa shape index (κ2) is 6.69. The van der Waals surface area contributed by atoms with E-state index in [-0.39, 0.29) is 29.1 Å². The molecule has 3 nitrogen and oxygen atoms in total. The van der Waals surface area contributed by atoms with Crippen LogP contribution in [0.15, 0.2) is 23.3 Å². The second-order valence-corrected chi connectivity index (χ2v) is 9.98. The summed E-state index contributed by atoms with van der Waals surface area (Å²) in [5, 5.41) is 9.63. The standard InChI is InChI=1S/C24H34O3/c1-4-5-15-12-20-18-7-6-16-13-17(26)8-10-23(16,2)19(18)9-11-24(20,3)22(15)21(27)14-25/h6,9,15,18,20,22,25H,4-5,7-8,10-14H2,1-3H3/t15-,18?,20?,22-,23+,24+/m1/s1. The van der Waals surface area contributed by atoms with Crippen LogP contribution in [-0.4, -0.2) is 23.3 Å². The zero-order valence-corrected chi connectivity index (χ0v) is 17.1. The first-order valence-electron chi connectivity index (χ1n) is 10.9. The maximum absolute atomic E-state index is 12.7. The van der Waals surface area contributed by atoms with Crippen LogP contribution in [0.4, 0.5) is 0 Å². The van der Waals surface area contributed by atoms with E-state index in [2.05, 4.69) is 32.9 Å². The lowest BCUT2D eigenvalue weighted by molar-refractivity contribution is -0.131. The summed E-state index contributed by atoms with van der Waals surface area (Å²) in [6.45, 7) is 6.54. The number of ketones is 2. The lowest BCUT2D eigenvalue weighted by Gasteiger charge is -2.52. The van der Waals surface area contributed by atoms with Crippen LogP contribution in [0.25, 0.3) is 0 Å². The predicted molar refractivity (Wildman–Crippen MR) is 106 cm³/mol. The van der Waals surface area contributed by atoms with Gasteiger partial charge in [-0.05, 0) is 55.3 Å². The quantitative estimate of drug-likeness (QED) is 0.733. The van der Waals surface area contributed by atoms with Crippen LogP contribution < -0.4 is 0 Å². The van der Waals surface area contributed by atoms with E-state index in [1.807, 2.05) is 0 Å². The summed E-state index contributed by atoms with van der Waals surface area (Å²) in [5.74, 6) is 1.86. The van der Waals surface area contributed by atoms with Gasteiger partial charge in [-0.3, -0.25) is 9.59 Å². The zero-order valence-electron chi connectivity index (χ0n) is 17.1. The van der Waals surface area contributed by atoms with Crippen molar-refractivity contribution >= 4 is 11.6 Å². The Bertz CT molecular complexity index is 717. The van der Waals surface area contributed by atoms with Crippen molar-refractivity contribution in [2.45, 2.75) is 72.1 Å². The van der Waals surface area contributed by atoms with E-state index in [1.165, 1.54) is 5.57 Å². The summed E-state index contributed by atoms with van der Waals surface area (Å²) in [4.78, 5) is 24.7. The molecule has 0 amide bonds. The number of Topliss-reactive ketones (excluding diaryl/α,β-unsaturated/α-hetero) is 2. The van der Waals surface area contributed by atoms with Gasteiger partial charge in [0.25, 0.3) is 0 Å². The molecule has 4 aliphatic carbocycles. The zero-order chi connectivity index (χ0) is 19.4. The Labute approximate surface area is 163 Å². The molecule has 4 rings (SSSR count). The largest absolute Gasteiger partial charge is 0.389 e. The van der Waals surface area contributed by atoms with E-state index in [0.29, 0.717) is 36.4 Å². The Balaban J connectivity index is 1.72. The van der Waals surface area contributed by atoms with Gasteiger partial charge < -0.3 is 5.11 Å². The smallest absolute Gasteiger partial charge is 0.162 e. The molecule has 2 unspecified atom stereocenters. The average molecular weight is 371 g/mol. The number of allylic oxidation sites excluding steroid dienone is 4. The van der Waals surface area contributed by atoms with E-state index in [0.717, 1.165) is 38.5 Å². The number of rotatable bonds is 4. The SMILES string of the molecule is CCC[C@@H]1CC2C3CC=C4CC(=O)CC[C@]4(C)C3=CC[C@]2(C)[C@H]1C(=O)CO. The van der Waals surface area contributed by atoms with E-state index < -0.39 is 0 Å². The van der Waals surface area contributed by atoms with Crippen molar-refractivity contribution in [2.75, 3.05) is 6.61 Å². The lowest BCUT2D eigenvalue weighted by atomic mass is 9.51. The molecule has 0 heterocycles. The fourth-order valence-corrected chi connectivity index (χ4v) is 7.35. The molecule has 0 aromatic heterocycles. The third-order valence-corrected chi connectivity index (χ3v) is 8.65. The minimum absolute atomic E-state index is 0.00336. The topological polar surface area (TPSA) is 54.4 Å². The number of aliphatic hydroxyl groups excluding tert-OH is 1. The molecular weight excluding hydrogens is 336 g/mol. The maximum atomic E-state index is 12.7. The number of hydrogen-bond acceptors (Lipinski definition) is 3. The molecule has 0 radical (unpaired) electrons. The summed E-state index contributed by atoms with van der Waals surface area (Å²) >= 11 is 0. The normalized spacial score (nSPS) is 43.3. The molecular formula is C24H34O3. The molecule has 0 aliphatic heterocycles. The number of hydrogen-bond donors (Lipinski definition) is 1. The fraction of sp³-hybridized carbons (Fsp3) is 0.750. The van der Waals surface area contributed by atoms with Crippen molar-refractivity contribution in [2.24, 2.45) is 34.5 Å². The van der Waals surface area contributed by atoms with Crippen LogP contribution in [0.2, 0.25) is 0 Å². The van der Waals surface area contributed by atoms with Crippen molar-refractivity contribution in [1.29, 1.82) is 0 Å². The van der Waals surface area contributed by atoms with E-state index >= 15 is 0 Å². The van der Waals surface area contributed by atoms with Gasteiger partial charge >= 0.3 is 0 Å². The Hall–Kier alpha value is -1.22. The van der Waals surface area contributed by atoms with Crippen LogP contribution in [-0.2, 0) is 9.59 Å². The van der Waals surface area contributed by atoms with Crippen molar-refractivity contribution in [3.8, 4) is 0 Å². The highest BCUT2D eigenvalue weighted by atomic mass is 16.3. The third-order valence-electron chi connectivity index (χ3n) is 8.65. The Morgan fingerprint density at radius 2 is 2.07 bits per heavy atom. The molecule has 1 N–H and O–H groups in total. The molecule has 148 valence electrons. The predicted octanol–water partition coefficient (Wildman–Crippen LogP) is 4.64. The monoisotopic (exact) mass is 370 g/mol. The highest BCUT2D eigenvalue weighted by Crippen LogP contribution is 2.65. The fourth-order valence-electron chi connectivity index (χ4n) is 7.35. The van der Waals surface area contributed by atoms with Gasteiger partial charge in [0.2, 0.25) is 0 Å². The van der Waals surface area contributed by atoms with Gasteiger partial charge in [-0.1, -0.05) is 50.5 Å². The molecule has 3 heteroatoms. The van der Waals surface area contributed by atoms with Crippen molar-refractivity contribution in [1.82, 2.24) is 0 Å². The highest BCUT2D eigenvalue weighted by Gasteiger charge is 2.59. The van der Waals surface area contributed by atoms with Crippen molar-refractivity contribution < 1.29 is 14.7 Å². The van der Waals surface area contributed by atoms with Gasteiger partial charge in [-0.2, -0.15) is 0 Å². The molecule has 2 saturated carbocycles. The maximum Gasteiger partial charge on any atom is 0.162 e. The Morgan fingerprint density at radius 1 is 1.30 bits per heavy atom. The summed E-state index contributed by atoms with van der Waals surface area (Å²) in [6, 6.07) is 0. The molecule has 0 spiro atoms. The summed E-state index contributed by atoms with van der Waals surface area (Å²) in [6.07, 6.45) is 12.3. The van der Waals surface area contributed by atoms with Crippen molar-refractivity contribution in [3.05, 3.63) is 23.3 Å². The molecule has 6 atom stereocenters. The number of aliphatic hydroxyl groups is 1. The van der Waals surface area contributed by atoms with Gasteiger partial charge in [0.15, 0.2) is 5.78 Å². The van der Waals surface area contributed by atoms with Gasteiger partial charge in [-0.15, -0.1) is 0 Å². The first-order chi connectivity index (χ1) is 12.8. The summed E-state index contributed by atoms with van der Waals surface area (Å²) in [7, 11) is 0. The molecule has 27 heavy (non-hydrogen) atoms. The van der Waals surface area contributed by atoms with Gasteiger partial charge in [0, 0.05) is 24.2 Å². The third kappa shape index (κ3) is 2.72. The van der Waals surface area contributed by atoms with Gasteiger partial charge in [0.1, 0.15) is 12.4 Å². The lowest BCUT2D eigenvalue weighted by Crippen LogP contribution is -2.45. The molecule has 0 aromatic carbocycles.